The minimum absolute atomic E-state index is 0.766. The zero-order chi connectivity index (χ0) is 15.7. The van der Waals surface area contributed by atoms with Gasteiger partial charge in [-0.25, -0.2) is 0 Å². The van der Waals surface area contributed by atoms with Crippen LogP contribution in [0.3, 0.4) is 0 Å². The largest absolute Gasteiger partial charge is 0.356 e. The molecule has 2 N–H and O–H groups in total. The Hall–Kier alpha value is -1.52. The second-order valence-corrected chi connectivity index (χ2v) is 5.97. The molecule has 0 atom stereocenters. The molecule has 0 radical (unpaired) electrons. The van der Waals surface area contributed by atoms with E-state index >= 15 is 0 Å². The van der Waals surface area contributed by atoms with E-state index in [0.717, 1.165) is 43.6 Å². The van der Waals surface area contributed by atoms with Crippen LogP contribution in [0.15, 0.2) is 11.1 Å². The molecule has 0 amide bonds. The third-order valence-corrected chi connectivity index (χ3v) is 3.42. The van der Waals surface area contributed by atoms with Gasteiger partial charge in [0.05, 0.1) is 5.69 Å². The van der Waals surface area contributed by atoms with Crippen molar-refractivity contribution in [1.29, 1.82) is 0 Å². The summed E-state index contributed by atoms with van der Waals surface area (Å²) in [5, 5.41) is 11.2. The molecule has 21 heavy (non-hydrogen) atoms. The van der Waals surface area contributed by atoms with E-state index in [1.165, 1.54) is 18.5 Å². The van der Waals surface area contributed by atoms with Crippen molar-refractivity contribution in [1.82, 2.24) is 20.4 Å². The number of nitrogens with zero attached hydrogens (tertiary/aromatic N) is 3. The number of aromatic nitrogens is 2. The maximum atomic E-state index is 4.47. The Kier molecular flexibility index (Phi) is 7.87. The van der Waals surface area contributed by atoms with E-state index in [0.29, 0.717) is 0 Å². The Morgan fingerprint density at radius 3 is 2.43 bits per heavy atom. The zero-order valence-corrected chi connectivity index (χ0v) is 14.2. The minimum atomic E-state index is 0.766. The van der Waals surface area contributed by atoms with E-state index < -0.39 is 0 Å². The van der Waals surface area contributed by atoms with Crippen LogP contribution in [0.2, 0.25) is 0 Å². The van der Waals surface area contributed by atoms with Crippen LogP contribution >= 0.6 is 0 Å². The maximum Gasteiger partial charge on any atom is 0.190 e. The Morgan fingerprint density at radius 2 is 1.90 bits per heavy atom. The molecule has 0 bridgehead atoms. The van der Waals surface area contributed by atoms with Crippen molar-refractivity contribution >= 4 is 5.96 Å². The van der Waals surface area contributed by atoms with Gasteiger partial charge in [-0.05, 0) is 45.1 Å². The highest BCUT2D eigenvalue weighted by atomic mass is 15.3. The molecule has 0 aliphatic carbocycles. The van der Waals surface area contributed by atoms with Gasteiger partial charge < -0.3 is 10.6 Å². The lowest BCUT2D eigenvalue weighted by Crippen LogP contribution is -2.38. The Bertz CT molecular complexity index is 434. The van der Waals surface area contributed by atoms with Crippen LogP contribution < -0.4 is 10.6 Å². The summed E-state index contributed by atoms with van der Waals surface area (Å²) in [5.74, 6) is 1.66. The van der Waals surface area contributed by atoms with E-state index in [9.17, 15) is 0 Å². The average Bonchev–Trinajstić information content (AvgIpc) is 2.75. The monoisotopic (exact) mass is 293 g/mol. The quantitative estimate of drug-likeness (QED) is 0.440. The molecule has 1 aromatic rings. The molecule has 0 aromatic carbocycles. The number of aryl methyl sites for hydroxylation is 3. The van der Waals surface area contributed by atoms with Gasteiger partial charge in [-0.3, -0.25) is 9.67 Å². The fourth-order valence-electron chi connectivity index (χ4n) is 2.27. The van der Waals surface area contributed by atoms with Gasteiger partial charge in [0.25, 0.3) is 0 Å². The second kappa shape index (κ2) is 9.42. The summed E-state index contributed by atoms with van der Waals surface area (Å²) in [7, 11) is 1.82. The Morgan fingerprint density at radius 1 is 1.24 bits per heavy atom. The van der Waals surface area contributed by atoms with E-state index in [-0.39, 0.29) is 0 Å². The van der Waals surface area contributed by atoms with Crippen LogP contribution in [-0.4, -0.2) is 35.9 Å². The van der Waals surface area contributed by atoms with Gasteiger partial charge in [-0.2, -0.15) is 5.10 Å². The molecule has 1 aromatic heterocycles. The van der Waals surface area contributed by atoms with Crippen LogP contribution in [0.1, 0.15) is 44.5 Å². The Labute approximate surface area is 129 Å². The number of rotatable bonds is 8. The van der Waals surface area contributed by atoms with Gasteiger partial charge in [-0.15, -0.1) is 0 Å². The van der Waals surface area contributed by atoms with Gasteiger partial charge >= 0.3 is 0 Å². The highest BCUT2D eigenvalue weighted by Crippen LogP contribution is 2.02. The minimum Gasteiger partial charge on any atom is -0.356 e. The van der Waals surface area contributed by atoms with Crippen LogP contribution in [0, 0.1) is 19.8 Å². The van der Waals surface area contributed by atoms with Crippen LogP contribution in [-0.2, 0) is 6.54 Å². The Balaban J connectivity index is 2.16. The summed E-state index contributed by atoms with van der Waals surface area (Å²) in [6.45, 7) is 11.5. The topological polar surface area (TPSA) is 54.2 Å². The molecular weight excluding hydrogens is 262 g/mol. The second-order valence-electron chi connectivity index (χ2n) is 5.97. The lowest BCUT2D eigenvalue weighted by atomic mass is 10.1. The van der Waals surface area contributed by atoms with Crippen LogP contribution in [0.4, 0.5) is 0 Å². The molecule has 0 aliphatic rings. The lowest BCUT2D eigenvalue weighted by Gasteiger charge is -2.12. The molecule has 5 nitrogen and oxygen atoms in total. The van der Waals surface area contributed by atoms with Crippen molar-refractivity contribution in [2.45, 2.75) is 53.5 Å². The number of nitrogens with one attached hydrogen (secondary N) is 2. The van der Waals surface area contributed by atoms with Gasteiger partial charge in [0.1, 0.15) is 0 Å². The number of hydrogen-bond acceptors (Lipinski definition) is 2. The zero-order valence-electron chi connectivity index (χ0n) is 14.2. The van der Waals surface area contributed by atoms with Crippen LogP contribution in [0.5, 0.6) is 0 Å². The van der Waals surface area contributed by atoms with Crippen LogP contribution in [0.25, 0.3) is 0 Å². The normalized spacial score (nSPS) is 12.0. The molecular formula is C16H31N5. The van der Waals surface area contributed by atoms with E-state index in [4.69, 9.17) is 0 Å². The van der Waals surface area contributed by atoms with Crippen molar-refractivity contribution in [2.75, 3.05) is 20.1 Å². The van der Waals surface area contributed by atoms with Gasteiger partial charge in [0.15, 0.2) is 5.96 Å². The molecule has 0 fully saturated rings. The van der Waals surface area contributed by atoms with Crippen molar-refractivity contribution < 1.29 is 0 Å². The molecule has 1 heterocycles. The van der Waals surface area contributed by atoms with E-state index in [1.54, 1.807) is 0 Å². The molecule has 0 saturated heterocycles. The molecule has 0 spiro atoms. The van der Waals surface area contributed by atoms with E-state index in [1.807, 2.05) is 14.0 Å². The first-order valence-electron chi connectivity index (χ1n) is 7.98. The number of aliphatic imine (C=N–C) groups is 1. The van der Waals surface area contributed by atoms with Gasteiger partial charge in [0.2, 0.25) is 0 Å². The van der Waals surface area contributed by atoms with Gasteiger partial charge in [0, 0.05) is 32.4 Å². The predicted octanol–water partition coefficient (Wildman–Crippen LogP) is 2.49. The fourth-order valence-corrected chi connectivity index (χ4v) is 2.27. The molecule has 120 valence electrons. The first-order valence-corrected chi connectivity index (χ1v) is 7.98. The molecule has 5 heteroatoms. The highest BCUT2D eigenvalue weighted by Gasteiger charge is 2.01. The number of guanidine groups is 1. The smallest absolute Gasteiger partial charge is 0.190 e. The molecule has 0 unspecified atom stereocenters. The summed E-state index contributed by atoms with van der Waals surface area (Å²) in [6, 6.07) is 2.11. The summed E-state index contributed by atoms with van der Waals surface area (Å²) >= 11 is 0. The number of hydrogen-bond donors (Lipinski definition) is 2. The fraction of sp³-hybridized carbons (Fsp3) is 0.750. The van der Waals surface area contributed by atoms with Crippen molar-refractivity contribution in [3.63, 3.8) is 0 Å². The molecule has 0 aliphatic heterocycles. The highest BCUT2D eigenvalue weighted by molar-refractivity contribution is 5.79. The summed E-state index contributed by atoms with van der Waals surface area (Å²) in [4.78, 5) is 4.24. The predicted molar refractivity (Wildman–Crippen MR) is 89.8 cm³/mol. The first kappa shape index (κ1) is 17.5. The third-order valence-electron chi connectivity index (χ3n) is 3.42. The summed E-state index contributed by atoms with van der Waals surface area (Å²) < 4.78 is 2.07. The van der Waals surface area contributed by atoms with Crippen molar-refractivity contribution in [3.8, 4) is 0 Å². The standard InChI is InChI=1S/C16H31N5/c1-13(2)8-6-9-18-16(17-5)19-10-7-11-21-15(4)12-14(3)20-21/h12-13H,6-11H2,1-5H3,(H2,17,18,19). The summed E-state index contributed by atoms with van der Waals surface area (Å²) in [6.07, 6.45) is 3.47. The first-order chi connectivity index (χ1) is 10.0. The third kappa shape index (κ3) is 7.16. The summed E-state index contributed by atoms with van der Waals surface area (Å²) in [5.41, 5.74) is 2.31. The SMILES string of the molecule is CN=C(NCCCC(C)C)NCCCn1nc(C)cc1C. The maximum absolute atomic E-state index is 4.47. The molecule has 0 saturated carbocycles. The van der Waals surface area contributed by atoms with Gasteiger partial charge in [-0.1, -0.05) is 13.8 Å². The van der Waals surface area contributed by atoms with Crippen molar-refractivity contribution in [2.24, 2.45) is 10.9 Å². The molecule has 1 rings (SSSR count). The van der Waals surface area contributed by atoms with Crippen molar-refractivity contribution in [3.05, 3.63) is 17.5 Å². The van der Waals surface area contributed by atoms with E-state index in [2.05, 4.69) is 52.2 Å². The lowest BCUT2D eigenvalue weighted by molar-refractivity contribution is 0.543. The average molecular weight is 293 g/mol.